The summed E-state index contributed by atoms with van der Waals surface area (Å²) in [6.45, 7) is 30.1. The number of hydrogen-bond donors (Lipinski definition) is 0. The zero-order chi connectivity index (χ0) is 24.8. The molecule has 2 heteroatoms. The lowest BCUT2D eigenvalue weighted by molar-refractivity contribution is 0.561. The number of benzene rings is 1. The van der Waals surface area contributed by atoms with Gasteiger partial charge in [0.05, 0.1) is 0 Å². The van der Waals surface area contributed by atoms with Gasteiger partial charge in [-0.1, -0.05) is 149 Å². The van der Waals surface area contributed by atoms with Crippen molar-refractivity contribution in [2.75, 3.05) is 0 Å². The van der Waals surface area contributed by atoms with E-state index in [2.05, 4.69) is 107 Å². The van der Waals surface area contributed by atoms with E-state index in [0.29, 0.717) is 20.6 Å². The Labute approximate surface area is 205 Å². The van der Waals surface area contributed by atoms with Crippen LogP contribution in [-0.2, 0) is 0 Å². The summed E-state index contributed by atoms with van der Waals surface area (Å²) in [6, 6.07) is 9.78. The molecule has 0 aliphatic rings. The molecule has 0 radical (unpaired) electrons. The average molecular weight is 479 g/mol. The molecule has 0 fully saturated rings. The van der Waals surface area contributed by atoms with E-state index in [1.165, 1.54) is 51.4 Å². The molecular formula is C30H56P2. The maximum absolute atomic E-state index is 2.58. The molecule has 0 saturated heterocycles. The van der Waals surface area contributed by atoms with Crippen molar-refractivity contribution >= 4 is 26.5 Å². The SMILES string of the molecule is CCCC(C)(C)P(c1ccccc1P(C(C)(C)CCC)C(C)(C)CCC)C(C)(C)CCC. The van der Waals surface area contributed by atoms with Crippen LogP contribution in [0.25, 0.3) is 0 Å². The van der Waals surface area contributed by atoms with Gasteiger partial charge >= 0.3 is 0 Å². The molecule has 1 rings (SSSR count). The van der Waals surface area contributed by atoms with Gasteiger partial charge in [-0.25, -0.2) is 0 Å². The molecule has 0 N–H and O–H groups in total. The van der Waals surface area contributed by atoms with E-state index < -0.39 is 0 Å². The second-order valence-corrected chi connectivity index (χ2v) is 19.6. The van der Waals surface area contributed by atoms with Crippen LogP contribution in [0.2, 0.25) is 0 Å². The third kappa shape index (κ3) is 7.29. The Morgan fingerprint density at radius 2 is 0.688 bits per heavy atom. The molecule has 0 unspecified atom stereocenters. The van der Waals surface area contributed by atoms with Gasteiger partial charge in [-0.3, -0.25) is 0 Å². The maximum Gasteiger partial charge on any atom is -0.0106 e. The lowest BCUT2D eigenvalue weighted by atomic mass is 10.1. The van der Waals surface area contributed by atoms with Crippen LogP contribution in [0, 0.1) is 0 Å². The van der Waals surface area contributed by atoms with Crippen molar-refractivity contribution in [3.05, 3.63) is 24.3 Å². The lowest BCUT2D eigenvalue weighted by Gasteiger charge is -2.51. The molecule has 0 nitrogen and oxygen atoms in total. The van der Waals surface area contributed by atoms with Crippen LogP contribution in [-0.4, -0.2) is 20.6 Å². The van der Waals surface area contributed by atoms with Gasteiger partial charge in [0, 0.05) is 0 Å². The Kier molecular flexibility index (Phi) is 11.4. The highest BCUT2D eigenvalue weighted by Gasteiger charge is 2.46. The molecule has 1 aromatic rings. The van der Waals surface area contributed by atoms with Gasteiger partial charge in [0.15, 0.2) is 0 Å². The minimum atomic E-state index is -0.304. The zero-order valence-corrected chi connectivity index (χ0v) is 25.6. The van der Waals surface area contributed by atoms with Crippen molar-refractivity contribution in [2.24, 2.45) is 0 Å². The Hall–Kier alpha value is 0.0800. The highest BCUT2D eigenvalue weighted by Crippen LogP contribution is 2.66. The van der Waals surface area contributed by atoms with Crippen LogP contribution in [0.15, 0.2) is 24.3 Å². The zero-order valence-electron chi connectivity index (χ0n) is 23.9. The Bertz CT molecular complexity index is 589. The van der Waals surface area contributed by atoms with Gasteiger partial charge < -0.3 is 0 Å². The van der Waals surface area contributed by atoms with Crippen LogP contribution >= 0.6 is 15.8 Å². The van der Waals surface area contributed by atoms with E-state index in [0.717, 1.165) is 0 Å². The topological polar surface area (TPSA) is 0 Å². The van der Waals surface area contributed by atoms with Gasteiger partial charge in [-0.15, -0.1) is 0 Å². The van der Waals surface area contributed by atoms with E-state index in [4.69, 9.17) is 0 Å². The Balaban J connectivity index is 3.88. The quantitative estimate of drug-likeness (QED) is 0.233. The first-order valence-electron chi connectivity index (χ1n) is 13.4. The molecule has 0 saturated carbocycles. The summed E-state index contributed by atoms with van der Waals surface area (Å²) in [5.74, 6) is 0. The minimum Gasteiger partial charge on any atom is -0.0653 e. The molecule has 0 atom stereocenters. The van der Waals surface area contributed by atoms with E-state index in [9.17, 15) is 0 Å². The van der Waals surface area contributed by atoms with E-state index in [-0.39, 0.29) is 15.8 Å². The van der Waals surface area contributed by atoms with Crippen molar-refractivity contribution in [1.82, 2.24) is 0 Å². The van der Waals surface area contributed by atoms with Gasteiger partial charge in [-0.2, -0.15) is 0 Å². The molecule has 0 spiro atoms. The molecular weight excluding hydrogens is 422 g/mol. The first-order valence-corrected chi connectivity index (χ1v) is 16.1. The molecule has 1 aromatic carbocycles. The first-order chi connectivity index (χ1) is 14.7. The van der Waals surface area contributed by atoms with Crippen LogP contribution in [0.4, 0.5) is 0 Å². The number of rotatable bonds is 14. The van der Waals surface area contributed by atoms with Crippen LogP contribution in [0.5, 0.6) is 0 Å². The van der Waals surface area contributed by atoms with Gasteiger partial charge in [0.25, 0.3) is 0 Å². The molecule has 0 aliphatic carbocycles. The van der Waals surface area contributed by atoms with Crippen molar-refractivity contribution in [3.8, 4) is 0 Å². The summed E-state index contributed by atoms with van der Waals surface area (Å²) in [7, 11) is -0.608. The highest BCUT2D eigenvalue weighted by atomic mass is 31.1. The first kappa shape index (κ1) is 30.1. The summed E-state index contributed by atoms with van der Waals surface area (Å²) in [4.78, 5) is 0. The summed E-state index contributed by atoms with van der Waals surface area (Å²) < 4.78 is 0. The Morgan fingerprint density at radius 3 is 0.875 bits per heavy atom. The van der Waals surface area contributed by atoms with Crippen LogP contribution < -0.4 is 10.6 Å². The fourth-order valence-electron chi connectivity index (χ4n) is 6.68. The van der Waals surface area contributed by atoms with Crippen molar-refractivity contribution in [2.45, 2.75) is 155 Å². The van der Waals surface area contributed by atoms with Crippen molar-refractivity contribution < 1.29 is 0 Å². The smallest absolute Gasteiger partial charge is 0.0106 e. The molecule has 32 heavy (non-hydrogen) atoms. The van der Waals surface area contributed by atoms with Crippen LogP contribution in [0.1, 0.15) is 134 Å². The number of hydrogen-bond acceptors (Lipinski definition) is 0. The lowest BCUT2D eigenvalue weighted by Crippen LogP contribution is -2.44. The van der Waals surface area contributed by atoms with E-state index in [1.54, 1.807) is 10.6 Å². The highest BCUT2D eigenvalue weighted by molar-refractivity contribution is 7.74. The predicted octanol–water partition coefficient (Wildman–Crippen LogP) is 10.2. The molecule has 186 valence electrons. The van der Waals surface area contributed by atoms with Crippen LogP contribution in [0.3, 0.4) is 0 Å². The predicted molar refractivity (Wildman–Crippen MR) is 155 cm³/mol. The van der Waals surface area contributed by atoms with Gasteiger partial charge in [0.1, 0.15) is 0 Å². The Morgan fingerprint density at radius 1 is 0.469 bits per heavy atom. The second-order valence-electron chi connectivity index (χ2n) is 12.4. The molecule has 0 bridgehead atoms. The summed E-state index contributed by atoms with van der Waals surface area (Å²) in [5, 5.41) is 4.87. The van der Waals surface area contributed by atoms with Crippen molar-refractivity contribution in [1.29, 1.82) is 0 Å². The largest absolute Gasteiger partial charge is 0.0653 e. The summed E-state index contributed by atoms with van der Waals surface area (Å²) >= 11 is 0. The fraction of sp³-hybridized carbons (Fsp3) is 0.800. The average Bonchev–Trinajstić information content (AvgIpc) is 2.62. The monoisotopic (exact) mass is 478 g/mol. The molecule has 0 heterocycles. The van der Waals surface area contributed by atoms with Gasteiger partial charge in [0.2, 0.25) is 0 Å². The van der Waals surface area contributed by atoms with E-state index in [1.807, 2.05) is 0 Å². The second kappa shape index (κ2) is 12.2. The normalized spacial score (nSPS) is 13.9. The summed E-state index contributed by atoms with van der Waals surface area (Å²) in [6.07, 6.45) is 10.3. The van der Waals surface area contributed by atoms with Gasteiger partial charge in [-0.05, 0) is 56.9 Å². The van der Waals surface area contributed by atoms with Crippen molar-refractivity contribution in [3.63, 3.8) is 0 Å². The molecule has 0 aromatic heterocycles. The standard InChI is InChI=1S/C30H56P2/c1-13-21-27(5,6)31(28(7,8)22-14-2)25-19-17-18-20-26(25)32(29(9,10)23-15-3)30(11,12)24-16-4/h17-20H,13-16,21-24H2,1-12H3. The summed E-state index contributed by atoms with van der Waals surface area (Å²) in [5.41, 5.74) is 0. The van der Waals surface area contributed by atoms with E-state index >= 15 is 0 Å². The fourth-order valence-corrected chi connectivity index (χ4v) is 16.0. The third-order valence-corrected chi connectivity index (χ3v) is 14.9. The third-order valence-electron chi connectivity index (χ3n) is 7.23. The molecule has 0 aliphatic heterocycles. The molecule has 0 amide bonds. The maximum atomic E-state index is 2.58. The minimum absolute atomic E-state index is 0.304.